The summed E-state index contributed by atoms with van der Waals surface area (Å²) in [5, 5.41) is 0. The minimum absolute atomic E-state index is 1.18. The second-order valence-electron chi connectivity index (χ2n) is 8.35. The van der Waals surface area contributed by atoms with Crippen molar-refractivity contribution in [2.45, 2.75) is 27.7 Å². The first-order chi connectivity index (χ1) is 17.3. The summed E-state index contributed by atoms with van der Waals surface area (Å²) in [4.78, 5) is 0. The number of aryl methyl sites for hydroxylation is 4. The number of rotatable bonds is 4. The van der Waals surface area contributed by atoms with Crippen molar-refractivity contribution in [3.63, 3.8) is 0 Å². The molecule has 0 saturated heterocycles. The Morgan fingerprint density at radius 1 is 0.417 bits per heavy atom. The zero-order valence-electron chi connectivity index (χ0n) is 22.4. The topological polar surface area (TPSA) is 0 Å². The summed E-state index contributed by atoms with van der Waals surface area (Å²) in [7, 11) is 0. The fourth-order valence-electron chi connectivity index (χ4n) is 3.13. The van der Waals surface area contributed by atoms with Crippen LogP contribution in [-0.2, 0) is 0 Å². The first-order valence-corrected chi connectivity index (χ1v) is 12.1. The zero-order valence-corrected chi connectivity index (χ0v) is 22.4. The van der Waals surface area contributed by atoms with E-state index in [1.165, 1.54) is 44.5 Å². The Morgan fingerprint density at radius 2 is 0.889 bits per heavy atom. The molecule has 0 bridgehead atoms. The molecule has 0 aromatic heterocycles. The molecule has 0 saturated carbocycles. The van der Waals surface area contributed by atoms with Gasteiger partial charge in [0.25, 0.3) is 0 Å². The van der Waals surface area contributed by atoms with Gasteiger partial charge in [-0.15, -0.1) is 0 Å². The minimum atomic E-state index is 1.18. The molecule has 4 aromatic rings. The maximum absolute atomic E-state index is 3.69. The van der Waals surface area contributed by atoms with Crippen LogP contribution in [0.4, 0.5) is 0 Å². The van der Waals surface area contributed by atoms with Gasteiger partial charge in [0.2, 0.25) is 0 Å². The molecule has 36 heavy (non-hydrogen) atoms. The molecule has 0 aliphatic heterocycles. The lowest BCUT2D eigenvalue weighted by Crippen LogP contribution is -1.75. The van der Waals surface area contributed by atoms with Crippen molar-refractivity contribution < 1.29 is 0 Å². The number of hydrogen-bond donors (Lipinski definition) is 0. The fourth-order valence-corrected chi connectivity index (χ4v) is 3.13. The van der Waals surface area contributed by atoms with E-state index >= 15 is 0 Å². The van der Waals surface area contributed by atoms with Crippen LogP contribution in [0.15, 0.2) is 123 Å². The lowest BCUT2D eigenvalue weighted by molar-refractivity contribution is 1.45. The van der Waals surface area contributed by atoms with Crippen LogP contribution < -0.4 is 0 Å². The van der Waals surface area contributed by atoms with Gasteiger partial charge >= 0.3 is 0 Å². The monoisotopic (exact) mass is 472 g/mol. The predicted octanol–water partition coefficient (Wildman–Crippen LogP) is 10.6. The number of benzene rings is 4. The molecule has 0 aliphatic carbocycles. The summed E-state index contributed by atoms with van der Waals surface area (Å²) in [6.45, 7) is 23.0. The quantitative estimate of drug-likeness (QED) is 0.277. The lowest BCUT2D eigenvalue weighted by Gasteiger charge is -1.95. The molecular formula is C36H40. The molecular weight excluding hydrogens is 432 g/mol. The summed E-state index contributed by atoms with van der Waals surface area (Å²) in [6, 6.07) is 32.9. The molecule has 0 nitrogen and oxygen atoms in total. The SMILES string of the molecule is C=Cc1ccc(C)cc1.C=Cc1cccc(C)c1.C=Cc1ccccc1C.C=Cc1ccccc1C. The van der Waals surface area contributed by atoms with Crippen LogP contribution in [0.2, 0.25) is 0 Å². The van der Waals surface area contributed by atoms with E-state index in [0.717, 1.165) is 0 Å². The molecule has 4 rings (SSSR count). The molecule has 184 valence electrons. The molecule has 0 atom stereocenters. The van der Waals surface area contributed by atoms with Gasteiger partial charge in [-0.2, -0.15) is 0 Å². The standard InChI is InChI=1S/4C9H10/c1-3-9-6-4-8(2)5-7-9;1-3-9-6-4-5-8(2)7-9;2*1-3-9-7-5-4-6-8(9)2/h4*3-7H,1H2,2H3. The molecule has 4 aromatic carbocycles. The highest BCUT2D eigenvalue weighted by molar-refractivity contribution is 5.51. The normalized spacial score (nSPS) is 9.00. The van der Waals surface area contributed by atoms with Gasteiger partial charge in [-0.3, -0.25) is 0 Å². The highest BCUT2D eigenvalue weighted by atomic mass is 13.9. The third kappa shape index (κ3) is 11.8. The maximum atomic E-state index is 3.69. The molecule has 0 N–H and O–H groups in total. The van der Waals surface area contributed by atoms with E-state index in [1.807, 2.05) is 60.7 Å². The van der Waals surface area contributed by atoms with Crippen molar-refractivity contribution in [1.82, 2.24) is 0 Å². The number of hydrogen-bond acceptors (Lipinski definition) is 0. The van der Waals surface area contributed by atoms with Crippen molar-refractivity contribution in [2.75, 3.05) is 0 Å². The first-order valence-electron chi connectivity index (χ1n) is 12.1. The molecule has 0 heterocycles. The van der Waals surface area contributed by atoms with Gasteiger partial charge in [-0.25, -0.2) is 0 Å². The van der Waals surface area contributed by atoms with Crippen molar-refractivity contribution >= 4 is 24.3 Å². The second-order valence-corrected chi connectivity index (χ2v) is 8.35. The van der Waals surface area contributed by atoms with E-state index in [9.17, 15) is 0 Å². The maximum Gasteiger partial charge on any atom is -0.0233 e. The summed E-state index contributed by atoms with van der Waals surface area (Å²) in [5.74, 6) is 0. The summed E-state index contributed by atoms with van der Waals surface area (Å²) >= 11 is 0. The highest BCUT2D eigenvalue weighted by Crippen LogP contribution is 2.08. The van der Waals surface area contributed by atoms with Crippen molar-refractivity contribution in [3.8, 4) is 0 Å². The van der Waals surface area contributed by atoms with Gasteiger partial charge < -0.3 is 0 Å². The minimum Gasteiger partial charge on any atom is -0.0985 e. The Morgan fingerprint density at radius 3 is 1.22 bits per heavy atom. The van der Waals surface area contributed by atoms with Crippen LogP contribution in [0.25, 0.3) is 24.3 Å². The lowest BCUT2D eigenvalue weighted by atomic mass is 10.1. The van der Waals surface area contributed by atoms with Crippen LogP contribution in [0, 0.1) is 27.7 Å². The Bertz CT molecular complexity index is 1170. The van der Waals surface area contributed by atoms with Gasteiger partial charge in [0.05, 0.1) is 0 Å². The second kappa shape index (κ2) is 17.3. The summed E-state index contributed by atoms with van der Waals surface area (Å²) < 4.78 is 0. The zero-order chi connectivity index (χ0) is 26.8. The Labute approximate surface area is 219 Å². The van der Waals surface area contributed by atoms with Crippen molar-refractivity contribution in [3.05, 3.63) is 168 Å². The largest absolute Gasteiger partial charge is 0.0985 e. The summed E-state index contributed by atoms with van der Waals surface area (Å²) in [6.07, 6.45) is 7.44. The fraction of sp³-hybridized carbons (Fsp3) is 0.111. The third-order valence-electron chi connectivity index (χ3n) is 5.41. The average Bonchev–Trinajstić information content (AvgIpc) is 2.91. The Hall–Kier alpha value is -4.16. The van der Waals surface area contributed by atoms with Crippen molar-refractivity contribution in [2.24, 2.45) is 0 Å². The van der Waals surface area contributed by atoms with Crippen LogP contribution in [-0.4, -0.2) is 0 Å². The molecule has 0 aliphatic rings. The molecule has 0 heteroatoms. The Kier molecular flexibility index (Phi) is 14.4. The van der Waals surface area contributed by atoms with E-state index in [1.54, 1.807) is 0 Å². The van der Waals surface area contributed by atoms with E-state index in [4.69, 9.17) is 0 Å². The third-order valence-corrected chi connectivity index (χ3v) is 5.41. The van der Waals surface area contributed by atoms with Gasteiger partial charge in [-0.05, 0) is 61.1 Å². The van der Waals surface area contributed by atoms with Crippen LogP contribution in [0.3, 0.4) is 0 Å². The average molecular weight is 473 g/mol. The van der Waals surface area contributed by atoms with Crippen LogP contribution in [0.1, 0.15) is 44.5 Å². The molecule has 0 amide bonds. The van der Waals surface area contributed by atoms with Gasteiger partial charge in [0.1, 0.15) is 0 Å². The predicted molar refractivity (Wildman–Crippen MR) is 165 cm³/mol. The van der Waals surface area contributed by atoms with E-state index in [-0.39, 0.29) is 0 Å². The van der Waals surface area contributed by atoms with Crippen LogP contribution >= 0.6 is 0 Å². The first kappa shape index (κ1) is 29.9. The smallest absolute Gasteiger partial charge is 0.0233 e. The van der Waals surface area contributed by atoms with Gasteiger partial charge in [-0.1, -0.05) is 159 Å². The Balaban J connectivity index is 0.000000240. The highest BCUT2D eigenvalue weighted by Gasteiger charge is 1.88. The molecule has 0 spiro atoms. The molecule has 0 unspecified atom stereocenters. The molecule has 0 fully saturated rings. The van der Waals surface area contributed by atoms with Gasteiger partial charge in [0.15, 0.2) is 0 Å². The molecule has 0 radical (unpaired) electrons. The van der Waals surface area contributed by atoms with Crippen molar-refractivity contribution in [1.29, 1.82) is 0 Å². The summed E-state index contributed by atoms with van der Waals surface area (Å²) in [5.41, 5.74) is 9.96. The van der Waals surface area contributed by atoms with E-state index in [0.29, 0.717) is 0 Å². The van der Waals surface area contributed by atoms with Gasteiger partial charge in [0, 0.05) is 0 Å². The van der Waals surface area contributed by atoms with Crippen LogP contribution in [0.5, 0.6) is 0 Å². The van der Waals surface area contributed by atoms with E-state index < -0.39 is 0 Å². The van der Waals surface area contributed by atoms with E-state index in [2.05, 4.69) is 115 Å².